The summed E-state index contributed by atoms with van der Waals surface area (Å²) in [6.45, 7) is 0. The summed E-state index contributed by atoms with van der Waals surface area (Å²) in [5, 5.41) is 10.8. The summed E-state index contributed by atoms with van der Waals surface area (Å²) < 4.78 is 1.84. The van der Waals surface area contributed by atoms with E-state index in [2.05, 4.69) is 10.2 Å². The fourth-order valence-corrected chi connectivity index (χ4v) is 2.41. The molecule has 0 aliphatic rings. The molecule has 0 spiro atoms. The second-order valence-electron chi connectivity index (χ2n) is 3.04. The second-order valence-corrected chi connectivity index (χ2v) is 4.38. The van der Waals surface area contributed by atoms with Crippen LogP contribution in [-0.4, -0.2) is 14.6 Å². The lowest BCUT2D eigenvalue weighted by atomic mass is 10.4. The van der Waals surface area contributed by atoms with Gasteiger partial charge in [-0.05, 0) is 23.6 Å². The molecule has 0 amide bonds. The number of nitrogens with zero attached hydrogens (tertiary/aromatic N) is 3. The van der Waals surface area contributed by atoms with Gasteiger partial charge in [-0.25, -0.2) is 0 Å². The van der Waals surface area contributed by atoms with Crippen molar-refractivity contribution in [3.05, 3.63) is 40.9 Å². The molecule has 15 heavy (non-hydrogen) atoms. The molecule has 0 aliphatic heterocycles. The standard InChI is InChI=1S/C10H6ClN3S/c11-8-4-1-5-9-12-13-10(14(8)9)7-3-2-6-15-7/h1-6H. The van der Waals surface area contributed by atoms with E-state index in [1.165, 1.54) is 0 Å². The third-order valence-corrected chi connectivity index (χ3v) is 3.28. The first-order chi connectivity index (χ1) is 7.36. The Kier molecular flexibility index (Phi) is 1.97. The highest BCUT2D eigenvalue weighted by Crippen LogP contribution is 2.25. The third kappa shape index (κ3) is 1.33. The third-order valence-electron chi connectivity index (χ3n) is 2.12. The first kappa shape index (κ1) is 8.88. The van der Waals surface area contributed by atoms with Crippen LogP contribution in [0.5, 0.6) is 0 Å². The van der Waals surface area contributed by atoms with Crippen LogP contribution in [0.2, 0.25) is 5.15 Å². The molecule has 74 valence electrons. The Bertz CT molecular complexity index is 600. The maximum absolute atomic E-state index is 6.11. The minimum absolute atomic E-state index is 0.626. The van der Waals surface area contributed by atoms with Crippen molar-refractivity contribution in [1.29, 1.82) is 0 Å². The number of aromatic nitrogens is 3. The van der Waals surface area contributed by atoms with Crippen LogP contribution in [0.15, 0.2) is 35.7 Å². The van der Waals surface area contributed by atoms with Gasteiger partial charge in [-0.2, -0.15) is 0 Å². The molecule has 0 fully saturated rings. The smallest absolute Gasteiger partial charge is 0.179 e. The average Bonchev–Trinajstić information content (AvgIpc) is 2.85. The molecule has 0 radical (unpaired) electrons. The number of thiophene rings is 1. The van der Waals surface area contributed by atoms with Crippen molar-refractivity contribution in [2.75, 3.05) is 0 Å². The van der Waals surface area contributed by atoms with Crippen LogP contribution >= 0.6 is 22.9 Å². The van der Waals surface area contributed by atoms with Crippen LogP contribution in [-0.2, 0) is 0 Å². The van der Waals surface area contributed by atoms with Crippen LogP contribution < -0.4 is 0 Å². The quantitative estimate of drug-likeness (QED) is 0.607. The molecule has 0 bridgehead atoms. The Hall–Kier alpha value is -1.39. The molecule has 0 saturated heterocycles. The van der Waals surface area contributed by atoms with Crippen LogP contribution in [0.1, 0.15) is 0 Å². The van der Waals surface area contributed by atoms with Gasteiger partial charge < -0.3 is 0 Å². The normalized spacial score (nSPS) is 11.0. The summed E-state index contributed by atoms with van der Waals surface area (Å²) >= 11 is 7.73. The van der Waals surface area contributed by atoms with Crippen molar-refractivity contribution < 1.29 is 0 Å². The number of hydrogen-bond donors (Lipinski definition) is 0. The number of halogens is 1. The SMILES string of the molecule is Clc1cccc2nnc(-c3cccs3)n12. The van der Waals surface area contributed by atoms with Gasteiger partial charge in [-0.1, -0.05) is 23.7 Å². The molecule has 3 nitrogen and oxygen atoms in total. The molecule has 0 aromatic carbocycles. The Morgan fingerprint density at radius 1 is 1.13 bits per heavy atom. The van der Waals surface area contributed by atoms with E-state index in [4.69, 9.17) is 11.6 Å². The molecule has 3 heterocycles. The average molecular weight is 236 g/mol. The zero-order valence-corrected chi connectivity index (χ0v) is 9.16. The van der Waals surface area contributed by atoms with Gasteiger partial charge in [0.1, 0.15) is 5.15 Å². The first-order valence-corrected chi connectivity index (χ1v) is 5.65. The number of rotatable bonds is 1. The van der Waals surface area contributed by atoms with E-state index >= 15 is 0 Å². The Labute approximate surface area is 95.0 Å². The van der Waals surface area contributed by atoms with Gasteiger partial charge in [0.05, 0.1) is 4.88 Å². The minimum atomic E-state index is 0.626. The first-order valence-electron chi connectivity index (χ1n) is 4.40. The Morgan fingerprint density at radius 3 is 2.87 bits per heavy atom. The summed E-state index contributed by atoms with van der Waals surface area (Å²) in [6.07, 6.45) is 0. The molecule has 3 aromatic heterocycles. The van der Waals surface area contributed by atoms with Crippen molar-refractivity contribution in [1.82, 2.24) is 14.6 Å². The predicted molar refractivity (Wildman–Crippen MR) is 61.3 cm³/mol. The van der Waals surface area contributed by atoms with Gasteiger partial charge in [0.15, 0.2) is 11.5 Å². The molecule has 0 atom stereocenters. The van der Waals surface area contributed by atoms with E-state index in [-0.39, 0.29) is 0 Å². The van der Waals surface area contributed by atoms with Crippen LogP contribution in [0.4, 0.5) is 0 Å². The fourth-order valence-electron chi connectivity index (χ4n) is 1.47. The van der Waals surface area contributed by atoms with Gasteiger partial charge in [0.2, 0.25) is 0 Å². The minimum Gasteiger partial charge on any atom is -0.264 e. The van der Waals surface area contributed by atoms with Gasteiger partial charge >= 0.3 is 0 Å². The lowest BCUT2D eigenvalue weighted by molar-refractivity contribution is 1.12. The molecule has 0 unspecified atom stereocenters. The summed E-state index contributed by atoms with van der Waals surface area (Å²) in [6, 6.07) is 9.57. The van der Waals surface area contributed by atoms with E-state index < -0.39 is 0 Å². The zero-order chi connectivity index (χ0) is 10.3. The monoisotopic (exact) mass is 235 g/mol. The van der Waals surface area contributed by atoms with E-state index in [0.29, 0.717) is 5.15 Å². The van der Waals surface area contributed by atoms with Gasteiger partial charge in [0.25, 0.3) is 0 Å². The van der Waals surface area contributed by atoms with Crippen molar-refractivity contribution >= 4 is 28.6 Å². The summed E-state index contributed by atoms with van der Waals surface area (Å²) in [7, 11) is 0. The zero-order valence-electron chi connectivity index (χ0n) is 7.59. The van der Waals surface area contributed by atoms with E-state index in [1.54, 1.807) is 11.3 Å². The molecule has 0 aliphatic carbocycles. The Morgan fingerprint density at radius 2 is 2.07 bits per heavy atom. The summed E-state index contributed by atoms with van der Waals surface area (Å²) in [5.41, 5.74) is 0.769. The molecular formula is C10H6ClN3S. The lowest BCUT2D eigenvalue weighted by Gasteiger charge is -1.98. The predicted octanol–water partition coefficient (Wildman–Crippen LogP) is 3.11. The summed E-state index contributed by atoms with van der Waals surface area (Å²) in [4.78, 5) is 1.07. The summed E-state index contributed by atoms with van der Waals surface area (Å²) in [5.74, 6) is 0.797. The van der Waals surface area contributed by atoms with Gasteiger partial charge in [0, 0.05) is 0 Å². The molecule has 3 aromatic rings. The van der Waals surface area contributed by atoms with Crippen LogP contribution in [0, 0.1) is 0 Å². The second kappa shape index (κ2) is 3.32. The van der Waals surface area contributed by atoms with E-state index in [0.717, 1.165) is 16.3 Å². The van der Waals surface area contributed by atoms with Gasteiger partial charge in [-0.15, -0.1) is 21.5 Å². The molecule has 3 rings (SSSR count). The number of hydrogen-bond acceptors (Lipinski definition) is 3. The maximum atomic E-state index is 6.11. The Balaban J connectivity index is 2.37. The highest BCUT2D eigenvalue weighted by molar-refractivity contribution is 7.13. The van der Waals surface area contributed by atoms with Crippen LogP contribution in [0.25, 0.3) is 16.3 Å². The highest BCUT2D eigenvalue weighted by atomic mass is 35.5. The topological polar surface area (TPSA) is 30.2 Å². The number of fused-ring (bicyclic) bond motifs is 1. The van der Waals surface area contributed by atoms with Crippen LogP contribution in [0.3, 0.4) is 0 Å². The molecule has 5 heteroatoms. The number of pyridine rings is 1. The van der Waals surface area contributed by atoms with Crippen molar-refractivity contribution in [2.45, 2.75) is 0 Å². The maximum Gasteiger partial charge on any atom is 0.179 e. The van der Waals surface area contributed by atoms with E-state index in [1.807, 2.05) is 40.1 Å². The fraction of sp³-hybridized carbons (Fsp3) is 0. The van der Waals surface area contributed by atoms with Crippen molar-refractivity contribution in [3.63, 3.8) is 0 Å². The molecular weight excluding hydrogens is 230 g/mol. The highest BCUT2D eigenvalue weighted by Gasteiger charge is 2.10. The molecule has 0 saturated carbocycles. The molecule has 0 N–H and O–H groups in total. The lowest BCUT2D eigenvalue weighted by Crippen LogP contribution is -1.88. The van der Waals surface area contributed by atoms with E-state index in [9.17, 15) is 0 Å². The van der Waals surface area contributed by atoms with Gasteiger partial charge in [-0.3, -0.25) is 4.40 Å². The van der Waals surface area contributed by atoms with Crippen molar-refractivity contribution in [2.24, 2.45) is 0 Å². The van der Waals surface area contributed by atoms with Crippen molar-refractivity contribution in [3.8, 4) is 10.7 Å². The largest absolute Gasteiger partial charge is 0.264 e.